The van der Waals surface area contributed by atoms with Crippen molar-refractivity contribution in [1.29, 1.82) is 0 Å². The Labute approximate surface area is 315 Å². The summed E-state index contributed by atoms with van der Waals surface area (Å²) in [5.41, 5.74) is 9.02. The van der Waals surface area contributed by atoms with E-state index in [0.29, 0.717) is 0 Å². The number of anilines is 3. The van der Waals surface area contributed by atoms with E-state index in [9.17, 15) is 0 Å². The highest BCUT2D eigenvalue weighted by molar-refractivity contribution is 6.30. The second-order valence-corrected chi connectivity index (χ2v) is 14.4. The SMILES string of the molecule is c1ccc2c(c1)ccc1cc(N(c3ccc(-c4cccc5oc6ccccc6c45)cc3)c3ccc4c(c3)oc3ccccc34)c3ccc4ccccc4c3c12. The van der Waals surface area contributed by atoms with E-state index in [0.717, 1.165) is 72.1 Å². The van der Waals surface area contributed by atoms with Gasteiger partial charge in [-0.15, -0.1) is 0 Å². The Morgan fingerprint density at radius 1 is 0.309 bits per heavy atom. The molecule has 10 aromatic carbocycles. The summed E-state index contributed by atoms with van der Waals surface area (Å²) in [6.07, 6.45) is 0. The minimum absolute atomic E-state index is 0.861. The number of para-hydroxylation sites is 2. The van der Waals surface area contributed by atoms with Crippen molar-refractivity contribution in [1.82, 2.24) is 0 Å². The van der Waals surface area contributed by atoms with Gasteiger partial charge in [-0.3, -0.25) is 0 Å². The van der Waals surface area contributed by atoms with E-state index >= 15 is 0 Å². The molecule has 0 unspecified atom stereocenters. The highest BCUT2D eigenvalue weighted by atomic mass is 16.3. The lowest BCUT2D eigenvalue weighted by Gasteiger charge is -2.28. The molecule has 0 aliphatic rings. The predicted octanol–water partition coefficient (Wildman–Crippen LogP) is 15.2. The van der Waals surface area contributed by atoms with Crippen molar-refractivity contribution in [3.63, 3.8) is 0 Å². The molecule has 2 aromatic heterocycles. The van der Waals surface area contributed by atoms with Crippen LogP contribution in [-0.2, 0) is 0 Å². The van der Waals surface area contributed by atoms with Crippen LogP contribution in [-0.4, -0.2) is 0 Å². The first-order valence-electron chi connectivity index (χ1n) is 18.7. The van der Waals surface area contributed by atoms with Crippen LogP contribution in [0.25, 0.3) is 98.1 Å². The molecule has 0 bridgehead atoms. The molecular formula is C52H31NO2. The Bertz CT molecular complexity index is 3500. The maximum atomic E-state index is 6.49. The molecule has 55 heavy (non-hydrogen) atoms. The van der Waals surface area contributed by atoms with Crippen molar-refractivity contribution in [3.8, 4) is 11.1 Å². The molecule has 256 valence electrons. The van der Waals surface area contributed by atoms with Crippen molar-refractivity contribution >= 4 is 104 Å². The van der Waals surface area contributed by atoms with Crippen molar-refractivity contribution in [3.05, 3.63) is 188 Å². The second kappa shape index (κ2) is 11.6. The van der Waals surface area contributed by atoms with E-state index in [1.807, 2.05) is 24.3 Å². The van der Waals surface area contributed by atoms with Crippen LogP contribution in [0.2, 0.25) is 0 Å². The molecule has 0 aliphatic carbocycles. The summed E-state index contributed by atoms with van der Waals surface area (Å²) in [5.74, 6) is 0. The number of hydrogen-bond donors (Lipinski definition) is 0. The van der Waals surface area contributed by atoms with Gasteiger partial charge in [0.25, 0.3) is 0 Å². The summed E-state index contributed by atoms with van der Waals surface area (Å²) in [4.78, 5) is 2.40. The average Bonchev–Trinajstić information content (AvgIpc) is 3.82. The molecule has 0 amide bonds. The fourth-order valence-electron chi connectivity index (χ4n) is 8.94. The van der Waals surface area contributed by atoms with Crippen molar-refractivity contribution in [2.24, 2.45) is 0 Å². The highest BCUT2D eigenvalue weighted by Gasteiger charge is 2.22. The van der Waals surface area contributed by atoms with Crippen molar-refractivity contribution in [2.75, 3.05) is 4.90 Å². The van der Waals surface area contributed by atoms with Crippen LogP contribution in [0.3, 0.4) is 0 Å². The van der Waals surface area contributed by atoms with Gasteiger partial charge in [-0.1, -0.05) is 133 Å². The lowest BCUT2D eigenvalue weighted by Crippen LogP contribution is -2.10. The first-order chi connectivity index (χ1) is 27.3. The van der Waals surface area contributed by atoms with Gasteiger partial charge in [0.15, 0.2) is 0 Å². The second-order valence-electron chi connectivity index (χ2n) is 14.4. The molecule has 12 aromatic rings. The Morgan fingerprint density at radius 2 is 0.873 bits per heavy atom. The molecular weight excluding hydrogens is 671 g/mol. The number of nitrogens with zero attached hydrogens (tertiary/aromatic N) is 1. The van der Waals surface area contributed by atoms with Gasteiger partial charge in [0.05, 0.1) is 5.69 Å². The van der Waals surface area contributed by atoms with Crippen molar-refractivity contribution < 1.29 is 8.83 Å². The van der Waals surface area contributed by atoms with Crippen LogP contribution in [0.15, 0.2) is 197 Å². The number of fused-ring (bicyclic) bond motifs is 13. The first kappa shape index (κ1) is 30.1. The largest absolute Gasteiger partial charge is 0.456 e. The van der Waals surface area contributed by atoms with Gasteiger partial charge in [0.1, 0.15) is 22.3 Å². The molecule has 0 atom stereocenters. The van der Waals surface area contributed by atoms with Gasteiger partial charge >= 0.3 is 0 Å². The maximum absolute atomic E-state index is 6.49. The highest BCUT2D eigenvalue weighted by Crippen LogP contribution is 2.47. The molecule has 0 aliphatic heterocycles. The number of rotatable bonds is 4. The maximum Gasteiger partial charge on any atom is 0.137 e. The van der Waals surface area contributed by atoms with E-state index in [1.165, 1.54) is 43.1 Å². The lowest BCUT2D eigenvalue weighted by atomic mass is 9.91. The summed E-state index contributed by atoms with van der Waals surface area (Å²) in [6.45, 7) is 0. The summed E-state index contributed by atoms with van der Waals surface area (Å²) in [6, 6.07) is 67.5. The van der Waals surface area contributed by atoms with Crippen LogP contribution in [0, 0.1) is 0 Å². The summed E-state index contributed by atoms with van der Waals surface area (Å²) < 4.78 is 12.8. The molecule has 3 nitrogen and oxygen atoms in total. The van der Waals surface area contributed by atoms with Gasteiger partial charge < -0.3 is 13.7 Å². The lowest BCUT2D eigenvalue weighted by molar-refractivity contribution is 0.668. The molecule has 0 saturated heterocycles. The third-order valence-corrected chi connectivity index (χ3v) is 11.4. The molecule has 3 heteroatoms. The van der Waals surface area contributed by atoms with Gasteiger partial charge in [-0.25, -0.2) is 0 Å². The summed E-state index contributed by atoms with van der Waals surface area (Å²) >= 11 is 0. The Hall–Kier alpha value is -7.36. The number of hydrogen-bond acceptors (Lipinski definition) is 3. The van der Waals surface area contributed by atoms with Gasteiger partial charge in [-0.05, 0) is 92.0 Å². The molecule has 0 radical (unpaired) electrons. The van der Waals surface area contributed by atoms with Crippen LogP contribution >= 0.6 is 0 Å². The van der Waals surface area contributed by atoms with Crippen molar-refractivity contribution in [2.45, 2.75) is 0 Å². The predicted molar refractivity (Wildman–Crippen MR) is 231 cm³/mol. The third kappa shape index (κ3) is 4.50. The average molecular weight is 702 g/mol. The van der Waals surface area contributed by atoms with Gasteiger partial charge in [0.2, 0.25) is 0 Å². The van der Waals surface area contributed by atoms with Crippen LogP contribution < -0.4 is 4.90 Å². The minimum atomic E-state index is 0.861. The molecule has 0 spiro atoms. The van der Waals surface area contributed by atoms with E-state index in [-0.39, 0.29) is 0 Å². The molecule has 0 N–H and O–H groups in total. The van der Waals surface area contributed by atoms with E-state index in [1.54, 1.807) is 0 Å². The molecule has 0 saturated carbocycles. The number of benzene rings is 10. The Morgan fingerprint density at radius 3 is 1.67 bits per heavy atom. The topological polar surface area (TPSA) is 29.5 Å². The minimum Gasteiger partial charge on any atom is -0.456 e. The molecule has 12 rings (SSSR count). The zero-order valence-corrected chi connectivity index (χ0v) is 29.7. The molecule has 2 heterocycles. The van der Waals surface area contributed by atoms with E-state index < -0.39 is 0 Å². The van der Waals surface area contributed by atoms with E-state index in [4.69, 9.17) is 8.83 Å². The monoisotopic (exact) mass is 701 g/mol. The van der Waals surface area contributed by atoms with E-state index in [2.05, 4.69) is 169 Å². The Kier molecular flexibility index (Phi) is 6.34. The zero-order chi connectivity index (χ0) is 36.0. The smallest absolute Gasteiger partial charge is 0.137 e. The zero-order valence-electron chi connectivity index (χ0n) is 29.7. The fourth-order valence-corrected chi connectivity index (χ4v) is 8.94. The standard InChI is InChI=1S/C52H31NO2/c1-3-12-38-32(10-1)20-21-35-30-45(43-28-24-33-11-2-4-13-40(33)52(43)50(35)38)53(37-27-29-42-41-14-5-7-17-46(41)55-49(42)31-37)36-25-22-34(23-26-36)39-16-9-19-48-51(39)44-15-6-8-18-47(44)54-48/h1-31H. The summed E-state index contributed by atoms with van der Waals surface area (Å²) in [5, 5.41) is 14.4. The number of furan rings is 2. The first-order valence-corrected chi connectivity index (χ1v) is 18.7. The molecule has 0 fully saturated rings. The third-order valence-electron chi connectivity index (χ3n) is 11.4. The summed E-state index contributed by atoms with van der Waals surface area (Å²) in [7, 11) is 0. The van der Waals surface area contributed by atoms with Crippen LogP contribution in [0.1, 0.15) is 0 Å². The Balaban J connectivity index is 1.14. The normalized spacial score (nSPS) is 12.0. The van der Waals surface area contributed by atoms with Crippen LogP contribution in [0.5, 0.6) is 0 Å². The quantitative estimate of drug-likeness (QED) is 0.171. The van der Waals surface area contributed by atoms with Gasteiger partial charge in [0, 0.05) is 49.8 Å². The van der Waals surface area contributed by atoms with Gasteiger partial charge in [-0.2, -0.15) is 0 Å². The van der Waals surface area contributed by atoms with Crippen LogP contribution in [0.4, 0.5) is 17.1 Å². The fraction of sp³-hybridized carbons (Fsp3) is 0.